The minimum Gasteiger partial charge on any atom is -0.382 e. The summed E-state index contributed by atoms with van der Waals surface area (Å²) in [5.74, 6) is -0.409. The molecule has 0 radical (unpaired) electrons. The van der Waals surface area contributed by atoms with Crippen molar-refractivity contribution in [2.75, 3.05) is 25.0 Å². The summed E-state index contributed by atoms with van der Waals surface area (Å²) >= 11 is 0. The third kappa shape index (κ3) is 5.09. The third-order valence-corrected chi connectivity index (χ3v) is 5.70. The minimum absolute atomic E-state index is 0.0230. The van der Waals surface area contributed by atoms with Crippen LogP contribution in [0.3, 0.4) is 0 Å². The van der Waals surface area contributed by atoms with Gasteiger partial charge in [0.1, 0.15) is 17.9 Å². The predicted molar refractivity (Wildman–Crippen MR) is 123 cm³/mol. The van der Waals surface area contributed by atoms with Crippen molar-refractivity contribution >= 4 is 17.2 Å². The van der Waals surface area contributed by atoms with Crippen LogP contribution in [-0.2, 0) is 0 Å². The Bertz CT molecular complexity index is 1180. The molecule has 9 nitrogen and oxygen atoms in total. The summed E-state index contributed by atoms with van der Waals surface area (Å²) in [6, 6.07) is 5.51. The fraction of sp³-hybridized carbons (Fsp3) is 0.435. The van der Waals surface area contributed by atoms with Crippen molar-refractivity contribution in [1.29, 1.82) is 5.26 Å². The van der Waals surface area contributed by atoms with Crippen LogP contribution in [0.15, 0.2) is 30.7 Å². The summed E-state index contributed by atoms with van der Waals surface area (Å²) in [5, 5.41) is 22.6. The van der Waals surface area contributed by atoms with E-state index in [-0.39, 0.29) is 24.4 Å². The number of halogens is 1. The Kier molecular flexibility index (Phi) is 6.79. The van der Waals surface area contributed by atoms with Crippen LogP contribution in [0.5, 0.6) is 0 Å². The lowest BCUT2D eigenvalue weighted by Gasteiger charge is -2.26. The molecule has 0 bridgehead atoms. The van der Waals surface area contributed by atoms with Crippen molar-refractivity contribution in [2.24, 2.45) is 5.92 Å². The number of nitrogens with one attached hydrogen (secondary N) is 3. The average Bonchev–Trinajstić information content (AvgIpc) is 3.25. The molecule has 1 atom stereocenters. The number of rotatable bonds is 7. The number of aromatic nitrogens is 4. The number of carbonyl (C=O) groups is 1. The maximum atomic E-state index is 14.6. The SMILES string of the molecule is CC(C)Nc1cc(-c2cnc3cc(C#N)cnn23)ncc1C(=O)NCC(F)C1CCNCC1. The summed E-state index contributed by atoms with van der Waals surface area (Å²) in [6.07, 6.45) is 5.04. The highest BCUT2D eigenvalue weighted by atomic mass is 19.1. The van der Waals surface area contributed by atoms with Gasteiger partial charge in [-0.05, 0) is 51.8 Å². The molecule has 0 spiro atoms. The number of hydrogen-bond acceptors (Lipinski definition) is 7. The Morgan fingerprint density at radius 3 is 2.79 bits per heavy atom. The van der Waals surface area contributed by atoms with E-state index >= 15 is 0 Å². The molecule has 3 N–H and O–H groups in total. The normalized spacial score (nSPS) is 15.4. The molecular weight excluding hydrogens is 423 g/mol. The van der Waals surface area contributed by atoms with Crippen molar-refractivity contribution < 1.29 is 9.18 Å². The molecule has 3 aromatic heterocycles. The van der Waals surface area contributed by atoms with Crippen LogP contribution in [0.2, 0.25) is 0 Å². The number of fused-ring (bicyclic) bond motifs is 1. The first-order valence-corrected chi connectivity index (χ1v) is 11.1. The van der Waals surface area contributed by atoms with Crippen LogP contribution < -0.4 is 16.0 Å². The molecule has 3 aromatic rings. The number of alkyl halides is 1. The largest absolute Gasteiger partial charge is 0.382 e. The van der Waals surface area contributed by atoms with Gasteiger partial charge in [-0.3, -0.25) is 9.78 Å². The number of hydrogen-bond donors (Lipinski definition) is 3. The molecule has 0 saturated carbocycles. The van der Waals surface area contributed by atoms with Crippen molar-refractivity contribution in [3.63, 3.8) is 0 Å². The van der Waals surface area contributed by atoms with E-state index in [1.807, 2.05) is 19.9 Å². The Morgan fingerprint density at radius 2 is 2.06 bits per heavy atom. The summed E-state index contributed by atoms with van der Waals surface area (Å²) in [5.41, 5.74) is 3.07. The molecule has 1 saturated heterocycles. The zero-order valence-corrected chi connectivity index (χ0v) is 18.7. The second-order valence-electron chi connectivity index (χ2n) is 8.50. The van der Waals surface area contributed by atoms with Crippen molar-refractivity contribution in [3.8, 4) is 17.5 Å². The van der Waals surface area contributed by atoms with Gasteiger partial charge in [-0.2, -0.15) is 10.4 Å². The fourth-order valence-electron chi connectivity index (χ4n) is 3.98. The van der Waals surface area contributed by atoms with Crippen LogP contribution in [0, 0.1) is 17.2 Å². The smallest absolute Gasteiger partial charge is 0.255 e. The first-order valence-electron chi connectivity index (χ1n) is 11.1. The minimum atomic E-state index is -1.08. The van der Waals surface area contributed by atoms with Gasteiger partial charge < -0.3 is 16.0 Å². The maximum absolute atomic E-state index is 14.6. The highest BCUT2D eigenvalue weighted by molar-refractivity contribution is 6.00. The number of carbonyl (C=O) groups excluding carboxylic acids is 1. The van der Waals surface area contributed by atoms with Crippen molar-refractivity contribution in [1.82, 2.24) is 30.2 Å². The predicted octanol–water partition coefficient (Wildman–Crippen LogP) is 2.55. The topological polar surface area (TPSA) is 120 Å². The Hall–Kier alpha value is -3.58. The standard InChI is InChI=1S/C23H27FN8O/c1-14(2)31-19-8-20(21-13-28-22-7-15(9-25)10-30-32(21)22)27-11-17(19)23(33)29-12-18(24)16-3-5-26-6-4-16/h7-8,10-11,13-14,16,18,26H,3-6,12H2,1-2H3,(H,27,31)(H,29,33). The van der Waals surface area contributed by atoms with Crippen LogP contribution in [0.1, 0.15) is 42.6 Å². The van der Waals surface area contributed by atoms with Gasteiger partial charge in [-0.1, -0.05) is 0 Å². The number of imidazole rings is 1. The summed E-state index contributed by atoms with van der Waals surface area (Å²) in [4.78, 5) is 21.6. The third-order valence-electron chi connectivity index (χ3n) is 5.70. The van der Waals surface area contributed by atoms with E-state index in [1.54, 1.807) is 22.8 Å². The van der Waals surface area contributed by atoms with E-state index in [0.717, 1.165) is 25.9 Å². The lowest BCUT2D eigenvalue weighted by molar-refractivity contribution is 0.0925. The van der Waals surface area contributed by atoms with Gasteiger partial charge in [0.25, 0.3) is 5.91 Å². The summed E-state index contributed by atoms with van der Waals surface area (Å²) in [6.45, 7) is 5.53. The molecule has 1 unspecified atom stereocenters. The average molecular weight is 451 g/mol. The lowest BCUT2D eigenvalue weighted by atomic mass is 9.93. The molecule has 1 fully saturated rings. The van der Waals surface area contributed by atoms with Crippen molar-refractivity contribution in [3.05, 3.63) is 41.9 Å². The lowest BCUT2D eigenvalue weighted by Crippen LogP contribution is -2.39. The molecule has 1 amide bonds. The first-order chi connectivity index (χ1) is 16.0. The molecule has 10 heteroatoms. The van der Waals surface area contributed by atoms with Crippen LogP contribution in [0.4, 0.5) is 10.1 Å². The van der Waals surface area contributed by atoms with E-state index in [4.69, 9.17) is 5.26 Å². The number of amides is 1. The summed E-state index contributed by atoms with van der Waals surface area (Å²) < 4.78 is 16.2. The van der Waals surface area contributed by atoms with E-state index in [9.17, 15) is 9.18 Å². The van der Waals surface area contributed by atoms with Crippen LogP contribution in [0.25, 0.3) is 17.0 Å². The van der Waals surface area contributed by atoms with Gasteiger partial charge in [0.05, 0.1) is 34.9 Å². The van der Waals surface area contributed by atoms with Crippen molar-refractivity contribution in [2.45, 2.75) is 38.9 Å². The molecular formula is C23H27FN8O. The number of nitrogens with zero attached hydrogens (tertiary/aromatic N) is 5. The molecule has 1 aliphatic heterocycles. The second kappa shape index (κ2) is 9.92. The highest BCUT2D eigenvalue weighted by Gasteiger charge is 2.24. The van der Waals surface area contributed by atoms with E-state index in [1.165, 1.54) is 12.4 Å². The molecule has 33 heavy (non-hydrogen) atoms. The Labute approximate surface area is 191 Å². The number of nitriles is 1. The highest BCUT2D eigenvalue weighted by Crippen LogP contribution is 2.25. The van der Waals surface area contributed by atoms with Gasteiger partial charge in [-0.25, -0.2) is 13.9 Å². The quantitative estimate of drug-likeness (QED) is 0.506. The zero-order chi connectivity index (χ0) is 23.4. The van der Waals surface area contributed by atoms with Gasteiger partial charge in [0.15, 0.2) is 5.65 Å². The molecule has 4 rings (SSSR count). The second-order valence-corrected chi connectivity index (χ2v) is 8.50. The molecule has 0 aromatic carbocycles. The van der Waals surface area contributed by atoms with Gasteiger partial charge in [-0.15, -0.1) is 0 Å². The number of piperidine rings is 1. The Balaban J connectivity index is 1.56. The molecule has 4 heterocycles. The number of anilines is 1. The molecule has 1 aliphatic rings. The summed E-state index contributed by atoms with van der Waals surface area (Å²) in [7, 11) is 0. The van der Waals surface area contributed by atoms with E-state index in [0.29, 0.717) is 33.8 Å². The van der Waals surface area contributed by atoms with Crippen LogP contribution >= 0.6 is 0 Å². The van der Waals surface area contributed by atoms with Gasteiger partial charge in [0.2, 0.25) is 0 Å². The first kappa shape index (κ1) is 22.6. The van der Waals surface area contributed by atoms with Gasteiger partial charge in [0, 0.05) is 24.8 Å². The molecule has 0 aliphatic carbocycles. The maximum Gasteiger partial charge on any atom is 0.255 e. The van der Waals surface area contributed by atoms with Gasteiger partial charge >= 0.3 is 0 Å². The van der Waals surface area contributed by atoms with Crippen LogP contribution in [-0.4, -0.2) is 57.3 Å². The fourth-order valence-corrected chi connectivity index (χ4v) is 3.98. The number of pyridine rings is 1. The van der Waals surface area contributed by atoms with E-state index in [2.05, 4.69) is 31.0 Å². The van der Waals surface area contributed by atoms with E-state index < -0.39 is 6.17 Å². The monoisotopic (exact) mass is 450 g/mol. The zero-order valence-electron chi connectivity index (χ0n) is 18.7. The Morgan fingerprint density at radius 1 is 1.27 bits per heavy atom. The molecule has 172 valence electrons.